The summed E-state index contributed by atoms with van der Waals surface area (Å²) in [6, 6.07) is 3.99. The van der Waals surface area contributed by atoms with Crippen LogP contribution >= 0.6 is 0 Å². The SMILES string of the molecule is CCOC(=O)C1OS(=O)OC1c1c(C)cc(C)cc1C. The average Bonchev–Trinajstić information content (AvgIpc) is 2.70. The summed E-state index contributed by atoms with van der Waals surface area (Å²) in [4.78, 5) is 11.9. The van der Waals surface area contributed by atoms with Gasteiger partial charge in [0.15, 0.2) is 0 Å². The van der Waals surface area contributed by atoms with Crippen LogP contribution in [0.5, 0.6) is 0 Å². The minimum atomic E-state index is -1.93. The quantitative estimate of drug-likeness (QED) is 0.801. The monoisotopic (exact) mass is 298 g/mol. The predicted octanol–water partition coefficient (Wildman–Crippen LogP) is 2.21. The van der Waals surface area contributed by atoms with Crippen LogP contribution in [0.3, 0.4) is 0 Å². The Morgan fingerprint density at radius 2 is 1.85 bits per heavy atom. The van der Waals surface area contributed by atoms with Crippen molar-refractivity contribution in [2.45, 2.75) is 39.9 Å². The summed E-state index contributed by atoms with van der Waals surface area (Å²) < 4.78 is 26.8. The molecule has 5 nitrogen and oxygen atoms in total. The highest BCUT2D eigenvalue weighted by Crippen LogP contribution is 2.36. The van der Waals surface area contributed by atoms with E-state index in [-0.39, 0.29) is 6.61 Å². The van der Waals surface area contributed by atoms with Crippen molar-refractivity contribution in [1.29, 1.82) is 0 Å². The van der Waals surface area contributed by atoms with Gasteiger partial charge in [0.25, 0.3) is 0 Å². The number of esters is 1. The summed E-state index contributed by atoms with van der Waals surface area (Å²) in [6.45, 7) is 7.81. The van der Waals surface area contributed by atoms with Gasteiger partial charge < -0.3 is 4.74 Å². The third-order valence-electron chi connectivity index (χ3n) is 3.18. The molecule has 1 fully saturated rings. The van der Waals surface area contributed by atoms with Gasteiger partial charge in [-0.15, -0.1) is 0 Å². The Balaban J connectivity index is 2.39. The van der Waals surface area contributed by atoms with Crippen LogP contribution in [0.15, 0.2) is 12.1 Å². The number of ether oxygens (including phenoxy) is 1. The molecule has 1 aliphatic rings. The van der Waals surface area contributed by atoms with Crippen molar-refractivity contribution < 1.29 is 22.1 Å². The molecule has 6 heteroatoms. The lowest BCUT2D eigenvalue weighted by molar-refractivity contribution is -0.152. The molecule has 110 valence electrons. The maximum Gasteiger partial charge on any atom is 0.339 e. The van der Waals surface area contributed by atoms with Crippen molar-refractivity contribution in [3.8, 4) is 0 Å². The number of benzene rings is 1. The van der Waals surface area contributed by atoms with Gasteiger partial charge in [-0.3, -0.25) is 4.18 Å². The first-order valence-corrected chi connectivity index (χ1v) is 7.44. The first-order chi connectivity index (χ1) is 9.43. The van der Waals surface area contributed by atoms with E-state index in [4.69, 9.17) is 13.1 Å². The Morgan fingerprint density at radius 1 is 1.25 bits per heavy atom. The number of carbonyl (C=O) groups is 1. The molecule has 0 bridgehead atoms. The molecular weight excluding hydrogens is 280 g/mol. The lowest BCUT2D eigenvalue weighted by Crippen LogP contribution is -2.28. The van der Waals surface area contributed by atoms with Gasteiger partial charge in [-0.2, -0.15) is 4.21 Å². The molecule has 0 radical (unpaired) electrons. The van der Waals surface area contributed by atoms with Crippen molar-refractivity contribution in [2.75, 3.05) is 6.61 Å². The highest BCUT2D eigenvalue weighted by molar-refractivity contribution is 7.75. The number of hydrogen-bond donors (Lipinski definition) is 0. The Hall–Kier alpha value is -1.24. The predicted molar refractivity (Wildman–Crippen MR) is 74.1 cm³/mol. The fourth-order valence-corrected chi connectivity index (χ4v) is 3.28. The van der Waals surface area contributed by atoms with Crippen molar-refractivity contribution in [3.63, 3.8) is 0 Å². The van der Waals surface area contributed by atoms with Crippen LogP contribution in [0.25, 0.3) is 0 Å². The van der Waals surface area contributed by atoms with E-state index in [1.165, 1.54) is 0 Å². The molecule has 0 saturated carbocycles. The van der Waals surface area contributed by atoms with Crippen LogP contribution in [0.4, 0.5) is 0 Å². The second-order valence-electron chi connectivity index (χ2n) is 4.80. The highest BCUT2D eigenvalue weighted by atomic mass is 32.2. The van der Waals surface area contributed by atoms with Gasteiger partial charge in [-0.05, 0) is 44.4 Å². The number of carbonyl (C=O) groups excluding carboxylic acids is 1. The molecule has 1 aliphatic heterocycles. The number of hydrogen-bond acceptors (Lipinski definition) is 5. The molecule has 3 unspecified atom stereocenters. The summed E-state index contributed by atoms with van der Waals surface area (Å²) in [5.74, 6) is -0.553. The number of rotatable bonds is 3. The van der Waals surface area contributed by atoms with Gasteiger partial charge in [-0.25, -0.2) is 8.98 Å². The zero-order valence-electron chi connectivity index (χ0n) is 12.0. The second-order valence-corrected chi connectivity index (χ2v) is 5.60. The van der Waals surface area contributed by atoms with Gasteiger partial charge in [0.1, 0.15) is 6.10 Å². The molecule has 0 N–H and O–H groups in total. The molecule has 0 aromatic heterocycles. The van der Waals surface area contributed by atoms with E-state index in [1.54, 1.807) is 6.92 Å². The van der Waals surface area contributed by atoms with Crippen LogP contribution in [0.2, 0.25) is 0 Å². The van der Waals surface area contributed by atoms with Crippen LogP contribution in [0, 0.1) is 20.8 Å². The van der Waals surface area contributed by atoms with E-state index in [9.17, 15) is 9.00 Å². The number of aryl methyl sites for hydroxylation is 3. The Labute approximate surface area is 121 Å². The lowest BCUT2D eigenvalue weighted by Gasteiger charge is -2.19. The van der Waals surface area contributed by atoms with E-state index in [2.05, 4.69) is 0 Å². The molecule has 0 spiro atoms. The molecule has 1 heterocycles. The zero-order chi connectivity index (χ0) is 14.9. The molecule has 1 aromatic rings. The minimum absolute atomic E-state index is 0.240. The molecule has 2 rings (SSSR count). The van der Waals surface area contributed by atoms with Gasteiger partial charge in [0, 0.05) is 0 Å². The standard InChI is InChI=1S/C14H18O5S/c1-5-17-14(15)13-12(18-20(16)19-13)11-9(3)6-8(2)7-10(11)4/h6-7,12-13H,5H2,1-4H3. The van der Waals surface area contributed by atoms with Crippen LogP contribution < -0.4 is 0 Å². The minimum Gasteiger partial charge on any atom is -0.464 e. The largest absolute Gasteiger partial charge is 0.464 e. The molecule has 1 saturated heterocycles. The fourth-order valence-electron chi connectivity index (χ4n) is 2.52. The summed E-state index contributed by atoms with van der Waals surface area (Å²) >= 11 is -1.93. The maximum absolute atomic E-state index is 11.9. The summed E-state index contributed by atoms with van der Waals surface area (Å²) in [6.07, 6.45) is -1.69. The van der Waals surface area contributed by atoms with E-state index in [1.807, 2.05) is 32.9 Å². The third kappa shape index (κ3) is 2.92. The van der Waals surface area contributed by atoms with Crippen LogP contribution in [-0.4, -0.2) is 22.9 Å². The Kier molecular flexibility index (Phi) is 4.57. The first kappa shape index (κ1) is 15.2. The first-order valence-electron chi connectivity index (χ1n) is 6.44. The second kappa shape index (κ2) is 6.03. The topological polar surface area (TPSA) is 61.8 Å². The van der Waals surface area contributed by atoms with E-state index >= 15 is 0 Å². The summed E-state index contributed by atoms with van der Waals surface area (Å²) in [7, 11) is 0. The van der Waals surface area contributed by atoms with Gasteiger partial charge >= 0.3 is 17.3 Å². The van der Waals surface area contributed by atoms with E-state index in [0.717, 1.165) is 22.3 Å². The normalized spacial score (nSPS) is 25.7. The third-order valence-corrected chi connectivity index (χ3v) is 3.91. The molecule has 0 aliphatic carbocycles. The molecule has 0 amide bonds. The van der Waals surface area contributed by atoms with Gasteiger partial charge in [0.2, 0.25) is 6.10 Å². The zero-order valence-corrected chi connectivity index (χ0v) is 12.8. The van der Waals surface area contributed by atoms with E-state index in [0.29, 0.717) is 0 Å². The summed E-state index contributed by atoms with van der Waals surface area (Å²) in [5, 5.41) is 0. The molecule has 20 heavy (non-hydrogen) atoms. The highest BCUT2D eigenvalue weighted by Gasteiger charge is 2.43. The molecule has 3 atom stereocenters. The van der Waals surface area contributed by atoms with Crippen LogP contribution in [-0.2, 0) is 29.3 Å². The van der Waals surface area contributed by atoms with Gasteiger partial charge in [0.05, 0.1) is 6.61 Å². The van der Waals surface area contributed by atoms with Crippen molar-refractivity contribution in [1.82, 2.24) is 0 Å². The van der Waals surface area contributed by atoms with Crippen LogP contribution in [0.1, 0.15) is 35.3 Å². The fraction of sp³-hybridized carbons (Fsp3) is 0.500. The van der Waals surface area contributed by atoms with Crippen molar-refractivity contribution in [3.05, 3.63) is 34.4 Å². The van der Waals surface area contributed by atoms with E-state index < -0.39 is 29.5 Å². The Morgan fingerprint density at radius 3 is 2.40 bits per heavy atom. The molecular formula is C14H18O5S. The van der Waals surface area contributed by atoms with Crippen molar-refractivity contribution >= 4 is 17.3 Å². The lowest BCUT2D eigenvalue weighted by atomic mass is 9.93. The summed E-state index contributed by atoms with van der Waals surface area (Å²) in [5.41, 5.74) is 3.91. The van der Waals surface area contributed by atoms with Gasteiger partial charge in [-0.1, -0.05) is 17.7 Å². The Bertz CT molecular complexity index is 531. The molecule has 1 aromatic carbocycles. The van der Waals surface area contributed by atoms with Crippen molar-refractivity contribution in [2.24, 2.45) is 0 Å². The maximum atomic E-state index is 11.9. The average molecular weight is 298 g/mol. The smallest absolute Gasteiger partial charge is 0.339 e.